The van der Waals surface area contributed by atoms with Crippen molar-refractivity contribution in [3.8, 4) is 0 Å². The van der Waals surface area contributed by atoms with E-state index < -0.39 is 11.7 Å². The molecule has 10 heteroatoms. The predicted molar refractivity (Wildman–Crippen MR) is 90.4 cm³/mol. The monoisotopic (exact) mass is 381 g/mol. The quantitative estimate of drug-likeness (QED) is 0.858. The number of hydrogen-bond acceptors (Lipinski definition) is 6. The fourth-order valence-corrected chi connectivity index (χ4v) is 2.89. The smallest absolute Gasteiger partial charge is 0.375 e. The minimum Gasteiger partial charge on any atom is -0.375 e. The zero-order valence-electron chi connectivity index (χ0n) is 14.5. The number of amides is 1. The highest BCUT2D eigenvalue weighted by Gasteiger charge is 2.31. The van der Waals surface area contributed by atoms with Crippen LogP contribution < -0.4 is 5.32 Å². The topological polar surface area (TPSA) is 80.2 Å². The maximum atomic E-state index is 12.8. The normalized spacial score (nSPS) is 17.2. The summed E-state index contributed by atoms with van der Waals surface area (Å²) in [4.78, 5) is 25.9. The van der Waals surface area contributed by atoms with Crippen molar-refractivity contribution in [3.63, 3.8) is 0 Å². The predicted octanol–water partition coefficient (Wildman–Crippen LogP) is 2.60. The third-order valence-electron chi connectivity index (χ3n) is 4.23. The van der Waals surface area contributed by atoms with E-state index in [2.05, 4.69) is 20.3 Å². The number of hydrogen-bond donors (Lipinski definition) is 1. The molecule has 0 aromatic carbocycles. The van der Waals surface area contributed by atoms with E-state index >= 15 is 0 Å². The summed E-state index contributed by atoms with van der Waals surface area (Å²) in [6.07, 6.45) is -1.11. The minimum atomic E-state index is -4.45. The van der Waals surface area contributed by atoms with Crippen molar-refractivity contribution < 1.29 is 22.7 Å². The van der Waals surface area contributed by atoms with Gasteiger partial charge < -0.3 is 15.0 Å². The third kappa shape index (κ3) is 4.70. The Hall–Kier alpha value is -2.75. The third-order valence-corrected chi connectivity index (χ3v) is 4.23. The van der Waals surface area contributed by atoms with Gasteiger partial charge in [0.1, 0.15) is 12.4 Å². The molecule has 0 spiro atoms. The van der Waals surface area contributed by atoms with Crippen LogP contribution in [-0.2, 0) is 15.7 Å². The van der Waals surface area contributed by atoms with Crippen molar-refractivity contribution in [2.24, 2.45) is 0 Å². The van der Waals surface area contributed by atoms with Crippen LogP contribution in [0.15, 0.2) is 30.6 Å². The van der Waals surface area contributed by atoms with Gasteiger partial charge in [-0.3, -0.25) is 4.79 Å². The molecule has 3 heterocycles. The average molecular weight is 381 g/mol. The number of pyridine rings is 1. The first kappa shape index (κ1) is 19.0. The number of carbonyl (C=O) groups is 1. The van der Waals surface area contributed by atoms with E-state index in [4.69, 9.17) is 4.74 Å². The lowest BCUT2D eigenvalue weighted by atomic mass is 10.1. The molecule has 1 saturated heterocycles. The Morgan fingerprint density at radius 1 is 1.33 bits per heavy atom. The molecule has 0 bridgehead atoms. The van der Waals surface area contributed by atoms with Gasteiger partial charge in [-0.05, 0) is 24.6 Å². The van der Waals surface area contributed by atoms with Gasteiger partial charge >= 0.3 is 6.18 Å². The van der Waals surface area contributed by atoms with Crippen LogP contribution >= 0.6 is 0 Å². The summed E-state index contributed by atoms with van der Waals surface area (Å²) in [7, 11) is 1.47. The van der Waals surface area contributed by atoms with Gasteiger partial charge in [-0.1, -0.05) is 0 Å². The Kier molecular flexibility index (Phi) is 5.54. The number of nitrogens with one attached hydrogen (secondary N) is 1. The first-order chi connectivity index (χ1) is 12.9. The highest BCUT2D eigenvalue weighted by atomic mass is 19.4. The molecular weight excluding hydrogens is 363 g/mol. The molecule has 2 aromatic rings. The van der Waals surface area contributed by atoms with E-state index in [9.17, 15) is 18.0 Å². The highest BCUT2D eigenvalue weighted by molar-refractivity contribution is 5.77. The second-order valence-corrected chi connectivity index (χ2v) is 6.12. The van der Waals surface area contributed by atoms with Crippen LogP contribution in [0.4, 0.5) is 24.9 Å². The number of rotatable bonds is 5. The summed E-state index contributed by atoms with van der Waals surface area (Å²) in [5.74, 6) is 0.107. The van der Waals surface area contributed by atoms with E-state index in [1.54, 1.807) is 11.0 Å². The molecule has 1 aliphatic rings. The maximum Gasteiger partial charge on any atom is 0.416 e. The van der Waals surface area contributed by atoms with Crippen molar-refractivity contribution in [1.82, 2.24) is 19.9 Å². The number of methoxy groups -OCH3 is 1. The fourth-order valence-electron chi connectivity index (χ4n) is 2.89. The molecule has 0 aliphatic carbocycles. The molecule has 1 aliphatic heterocycles. The summed E-state index contributed by atoms with van der Waals surface area (Å²) in [5, 5.41) is 2.70. The second kappa shape index (κ2) is 7.87. The Labute approximate surface area is 153 Å². The summed E-state index contributed by atoms with van der Waals surface area (Å²) in [6.45, 7) is 1.15. The van der Waals surface area contributed by atoms with Gasteiger partial charge in [0.25, 0.3) is 0 Å². The highest BCUT2D eigenvalue weighted by Crippen LogP contribution is 2.30. The Morgan fingerprint density at radius 3 is 2.85 bits per heavy atom. The van der Waals surface area contributed by atoms with E-state index in [0.717, 1.165) is 24.8 Å². The molecule has 0 saturated carbocycles. The van der Waals surface area contributed by atoms with Crippen molar-refractivity contribution in [2.75, 3.05) is 32.1 Å². The molecule has 1 amide bonds. The lowest BCUT2D eigenvalue weighted by molar-refractivity contribution is -0.137. The van der Waals surface area contributed by atoms with Crippen molar-refractivity contribution in [3.05, 3.63) is 41.9 Å². The summed E-state index contributed by atoms with van der Waals surface area (Å²) in [5.41, 5.74) is -0.0913. The molecular formula is C17H18F3N5O2. The van der Waals surface area contributed by atoms with Crippen LogP contribution in [0, 0.1) is 0 Å². The van der Waals surface area contributed by atoms with E-state index in [1.807, 2.05) is 0 Å². The van der Waals surface area contributed by atoms with Gasteiger partial charge in [-0.15, -0.1) is 0 Å². The Balaban J connectivity index is 1.71. The molecule has 0 unspecified atom stereocenters. The van der Waals surface area contributed by atoms with Gasteiger partial charge in [0, 0.05) is 38.5 Å². The van der Waals surface area contributed by atoms with E-state index in [0.29, 0.717) is 18.8 Å². The van der Waals surface area contributed by atoms with Crippen molar-refractivity contribution in [1.29, 1.82) is 0 Å². The average Bonchev–Trinajstić information content (AvgIpc) is 3.12. The second-order valence-electron chi connectivity index (χ2n) is 6.12. The van der Waals surface area contributed by atoms with E-state index in [-0.39, 0.29) is 30.2 Å². The summed E-state index contributed by atoms with van der Waals surface area (Å²) in [6, 6.07) is 3.53. The Bertz CT molecular complexity index is 815. The molecule has 1 atom stereocenters. The van der Waals surface area contributed by atoms with Crippen molar-refractivity contribution in [2.45, 2.75) is 18.5 Å². The lowest BCUT2D eigenvalue weighted by Crippen LogP contribution is -2.31. The number of aromatic nitrogens is 3. The zero-order chi connectivity index (χ0) is 19.4. The number of alkyl halides is 3. The van der Waals surface area contributed by atoms with Gasteiger partial charge in [0.2, 0.25) is 11.9 Å². The molecule has 2 aromatic heterocycles. The number of likely N-dealkylation sites (tertiary alicyclic amines) is 1. The molecule has 144 valence electrons. The van der Waals surface area contributed by atoms with Crippen LogP contribution in [0.2, 0.25) is 0 Å². The largest absolute Gasteiger partial charge is 0.416 e. The van der Waals surface area contributed by atoms with Crippen LogP contribution in [0.25, 0.3) is 0 Å². The standard InChI is InChI=1S/C17H18F3N5O2/c1-27-10-15(26)25-7-4-11(9-25)13-3-6-22-16(23-13)24-14-8-12(2-5-21-14)17(18,19)20/h2-3,5-6,8,11H,4,7,9-10H2,1H3,(H,21,22,23,24)/t11-/m0/s1. The lowest BCUT2D eigenvalue weighted by Gasteiger charge is -2.16. The summed E-state index contributed by atoms with van der Waals surface area (Å²) < 4.78 is 43.3. The SMILES string of the molecule is COCC(=O)N1CC[C@H](c2ccnc(Nc3cc(C(F)(F)F)ccn3)n2)C1. The van der Waals surface area contributed by atoms with Crippen LogP contribution in [-0.4, -0.2) is 52.6 Å². The van der Waals surface area contributed by atoms with Crippen LogP contribution in [0.1, 0.15) is 23.6 Å². The maximum absolute atomic E-state index is 12.8. The van der Waals surface area contributed by atoms with Crippen LogP contribution in [0.3, 0.4) is 0 Å². The van der Waals surface area contributed by atoms with Gasteiger partial charge in [0.05, 0.1) is 11.3 Å². The zero-order valence-corrected chi connectivity index (χ0v) is 14.5. The first-order valence-corrected chi connectivity index (χ1v) is 8.26. The first-order valence-electron chi connectivity index (χ1n) is 8.26. The number of halogens is 3. The van der Waals surface area contributed by atoms with Gasteiger partial charge in [0.15, 0.2) is 0 Å². The van der Waals surface area contributed by atoms with Crippen molar-refractivity contribution >= 4 is 17.7 Å². The molecule has 7 nitrogen and oxygen atoms in total. The fraction of sp³-hybridized carbons (Fsp3) is 0.412. The summed E-state index contributed by atoms with van der Waals surface area (Å²) >= 11 is 0. The molecule has 1 fully saturated rings. The van der Waals surface area contributed by atoms with Gasteiger partial charge in [-0.2, -0.15) is 13.2 Å². The Morgan fingerprint density at radius 2 is 2.11 bits per heavy atom. The number of ether oxygens (including phenoxy) is 1. The number of carbonyl (C=O) groups excluding carboxylic acids is 1. The molecule has 1 N–H and O–H groups in total. The number of nitrogens with zero attached hydrogens (tertiary/aromatic N) is 4. The molecule has 0 radical (unpaired) electrons. The van der Waals surface area contributed by atoms with E-state index in [1.165, 1.54) is 13.3 Å². The van der Waals surface area contributed by atoms with Crippen LogP contribution in [0.5, 0.6) is 0 Å². The minimum absolute atomic E-state index is 0.00490. The van der Waals surface area contributed by atoms with Gasteiger partial charge in [-0.25, -0.2) is 15.0 Å². The number of anilines is 2. The molecule has 3 rings (SSSR count). The molecule has 27 heavy (non-hydrogen) atoms.